The molecule has 1 aromatic heterocycles. The number of pyridine rings is 1. The first-order chi connectivity index (χ1) is 8.60. The molecule has 3 nitrogen and oxygen atoms in total. The summed E-state index contributed by atoms with van der Waals surface area (Å²) in [5.74, 6) is -2.38. The highest BCUT2D eigenvalue weighted by Gasteiger charge is 2.42. The molecule has 0 bridgehead atoms. The average Bonchev–Trinajstić information content (AvgIpc) is 2.24. The number of hydrogen-bond acceptors (Lipinski definition) is 3. The van der Waals surface area contributed by atoms with Crippen molar-refractivity contribution < 1.29 is 35.9 Å². The first-order valence-electron chi connectivity index (χ1n) is 4.46. The number of hydrogen-bond donors (Lipinski definition) is 0. The quantitative estimate of drug-likeness (QED) is 0.487. The molecule has 1 aromatic rings. The summed E-state index contributed by atoms with van der Waals surface area (Å²) in [6.07, 6.45) is -10.0. The molecule has 0 aliphatic rings. The fraction of sp³-hybridized carbons (Fsp3) is 0.333. The van der Waals surface area contributed by atoms with Gasteiger partial charge in [-0.05, 0) is 0 Å². The monoisotopic (exact) mass is 307 g/mol. The lowest BCUT2D eigenvalue weighted by molar-refractivity contribution is -0.276. The van der Waals surface area contributed by atoms with Crippen LogP contribution < -0.4 is 4.74 Å². The summed E-state index contributed by atoms with van der Waals surface area (Å²) in [5.41, 5.74) is -3.13. The summed E-state index contributed by atoms with van der Waals surface area (Å²) in [4.78, 5) is 13.3. The Morgan fingerprint density at radius 1 is 1.26 bits per heavy atom. The van der Waals surface area contributed by atoms with Gasteiger partial charge in [-0.1, -0.05) is 0 Å². The van der Waals surface area contributed by atoms with Gasteiger partial charge < -0.3 is 4.74 Å². The first-order valence-corrected chi connectivity index (χ1v) is 4.99. The molecule has 19 heavy (non-hydrogen) atoms. The van der Waals surface area contributed by atoms with Crippen molar-refractivity contribution in [3.63, 3.8) is 0 Å². The van der Waals surface area contributed by atoms with Crippen LogP contribution in [0.2, 0.25) is 0 Å². The predicted octanol–water partition coefficient (Wildman–Crippen LogP) is 3.55. The lowest BCUT2D eigenvalue weighted by atomic mass is 10.1. The largest absolute Gasteiger partial charge is 0.573 e. The van der Waals surface area contributed by atoms with Crippen molar-refractivity contribution in [2.24, 2.45) is 0 Å². The van der Waals surface area contributed by atoms with Crippen molar-refractivity contribution >= 4 is 17.9 Å². The SMILES string of the molecule is O=Cc1cnc(C(F)(F)F)c(OC(F)(F)F)c1CCl. The minimum atomic E-state index is -5.37. The second-order valence-electron chi connectivity index (χ2n) is 3.17. The van der Waals surface area contributed by atoms with Crippen LogP contribution >= 0.6 is 11.6 Å². The Kier molecular flexibility index (Phi) is 4.28. The highest BCUT2D eigenvalue weighted by Crippen LogP contribution is 2.40. The zero-order chi connectivity index (χ0) is 14.8. The summed E-state index contributed by atoms with van der Waals surface area (Å²) in [6, 6.07) is 0. The van der Waals surface area contributed by atoms with E-state index in [0.29, 0.717) is 6.20 Å². The van der Waals surface area contributed by atoms with Gasteiger partial charge in [-0.15, -0.1) is 24.8 Å². The summed E-state index contributed by atoms with van der Waals surface area (Å²) in [7, 11) is 0. The normalized spacial score (nSPS) is 12.4. The molecule has 0 spiro atoms. The van der Waals surface area contributed by atoms with Crippen LogP contribution in [-0.2, 0) is 12.1 Å². The summed E-state index contributed by atoms with van der Waals surface area (Å²) < 4.78 is 77.2. The predicted molar refractivity (Wildman–Crippen MR) is 50.9 cm³/mol. The van der Waals surface area contributed by atoms with E-state index in [4.69, 9.17) is 11.6 Å². The number of aromatic nitrogens is 1. The third-order valence-corrected chi connectivity index (χ3v) is 2.18. The second-order valence-corrected chi connectivity index (χ2v) is 3.43. The third kappa shape index (κ3) is 3.72. The Labute approximate surface area is 107 Å². The number of halogens is 7. The van der Waals surface area contributed by atoms with Gasteiger partial charge in [0.1, 0.15) is 0 Å². The van der Waals surface area contributed by atoms with Crippen LogP contribution in [-0.4, -0.2) is 17.6 Å². The molecule has 1 rings (SSSR count). The average molecular weight is 308 g/mol. The van der Waals surface area contributed by atoms with E-state index >= 15 is 0 Å². The Hall–Kier alpha value is -1.51. The van der Waals surface area contributed by atoms with E-state index in [9.17, 15) is 31.1 Å². The molecule has 0 radical (unpaired) electrons. The maximum Gasteiger partial charge on any atom is 0.573 e. The lowest BCUT2D eigenvalue weighted by Crippen LogP contribution is -2.22. The molecule has 0 unspecified atom stereocenters. The summed E-state index contributed by atoms with van der Waals surface area (Å²) >= 11 is 5.27. The Bertz CT molecular complexity index is 485. The van der Waals surface area contributed by atoms with Gasteiger partial charge in [-0.2, -0.15) is 13.2 Å². The van der Waals surface area contributed by atoms with Gasteiger partial charge in [0.15, 0.2) is 17.7 Å². The Balaban J connectivity index is 3.53. The van der Waals surface area contributed by atoms with E-state index in [1.807, 2.05) is 0 Å². The number of ether oxygens (including phenoxy) is 1. The van der Waals surface area contributed by atoms with Crippen molar-refractivity contribution in [1.82, 2.24) is 4.98 Å². The van der Waals surface area contributed by atoms with Crippen LogP contribution in [0.25, 0.3) is 0 Å². The van der Waals surface area contributed by atoms with Crippen molar-refractivity contribution in [2.75, 3.05) is 0 Å². The molecular weight excluding hydrogens is 304 g/mol. The minimum absolute atomic E-state index is 0.0358. The van der Waals surface area contributed by atoms with Gasteiger partial charge in [0.2, 0.25) is 0 Å². The van der Waals surface area contributed by atoms with Gasteiger partial charge in [0, 0.05) is 17.3 Å². The molecular formula is C9H4ClF6NO2. The fourth-order valence-electron chi connectivity index (χ4n) is 1.21. The molecule has 0 aromatic carbocycles. The number of aldehydes is 1. The van der Waals surface area contributed by atoms with Crippen LogP contribution in [0.15, 0.2) is 6.20 Å². The van der Waals surface area contributed by atoms with Crippen LogP contribution in [0, 0.1) is 0 Å². The molecule has 0 amide bonds. The van der Waals surface area contributed by atoms with Crippen molar-refractivity contribution in [2.45, 2.75) is 18.4 Å². The molecule has 0 aliphatic heterocycles. The number of alkyl halides is 7. The van der Waals surface area contributed by atoms with E-state index in [-0.39, 0.29) is 6.29 Å². The highest BCUT2D eigenvalue weighted by atomic mass is 35.5. The van der Waals surface area contributed by atoms with Crippen LogP contribution in [0.3, 0.4) is 0 Å². The standard InChI is InChI=1S/C9H4ClF6NO2/c10-1-5-4(3-18)2-17-7(8(11,12)13)6(5)19-9(14,15)16/h2-3H,1H2. The Morgan fingerprint density at radius 3 is 2.21 bits per heavy atom. The fourth-order valence-corrected chi connectivity index (χ4v) is 1.49. The second kappa shape index (κ2) is 5.24. The molecule has 0 fully saturated rings. The zero-order valence-electron chi connectivity index (χ0n) is 8.77. The first kappa shape index (κ1) is 15.5. The van der Waals surface area contributed by atoms with Gasteiger partial charge in [0.25, 0.3) is 0 Å². The van der Waals surface area contributed by atoms with Crippen molar-refractivity contribution in [3.05, 3.63) is 23.0 Å². The molecule has 0 saturated carbocycles. The molecule has 0 aliphatic carbocycles. The van der Waals surface area contributed by atoms with Gasteiger partial charge >= 0.3 is 12.5 Å². The molecule has 0 atom stereocenters. The lowest BCUT2D eigenvalue weighted by Gasteiger charge is -2.17. The van der Waals surface area contributed by atoms with E-state index in [2.05, 4.69) is 9.72 Å². The number of carbonyl (C=O) groups excluding carboxylic acids is 1. The minimum Gasteiger partial charge on any atom is -0.403 e. The van der Waals surface area contributed by atoms with Crippen LogP contribution in [0.5, 0.6) is 5.75 Å². The molecule has 1 heterocycles. The van der Waals surface area contributed by atoms with Crippen LogP contribution in [0.4, 0.5) is 26.3 Å². The smallest absolute Gasteiger partial charge is 0.403 e. The van der Waals surface area contributed by atoms with Crippen LogP contribution in [0.1, 0.15) is 21.6 Å². The van der Waals surface area contributed by atoms with E-state index in [0.717, 1.165) is 0 Å². The van der Waals surface area contributed by atoms with Crippen molar-refractivity contribution in [3.8, 4) is 5.75 Å². The summed E-state index contributed by atoms with van der Waals surface area (Å²) in [5, 5.41) is 0. The van der Waals surface area contributed by atoms with E-state index in [1.54, 1.807) is 0 Å². The van der Waals surface area contributed by atoms with Gasteiger partial charge in [-0.25, -0.2) is 4.98 Å². The van der Waals surface area contributed by atoms with E-state index in [1.165, 1.54) is 0 Å². The highest BCUT2D eigenvalue weighted by molar-refractivity contribution is 6.17. The number of rotatable bonds is 3. The maximum absolute atomic E-state index is 12.5. The zero-order valence-corrected chi connectivity index (χ0v) is 9.53. The molecule has 0 saturated heterocycles. The van der Waals surface area contributed by atoms with Gasteiger partial charge in [-0.3, -0.25) is 4.79 Å². The molecule has 0 N–H and O–H groups in total. The van der Waals surface area contributed by atoms with Crippen molar-refractivity contribution in [1.29, 1.82) is 0 Å². The van der Waals surface area contributed by atoms with Gasteiger partial charge in [0.05, 0.1) is 5.88 Å². The Morgan fingerprint density at radius 2 is 1.84 bits per heavy atom. The number of nitrogens with zero attached hydrogens (tertiary/aromatic N) is 1. The molecule has 10 heteroatoms. The summed E-state index contributed by atoms with van der Waals surface area (Å²) in [6.45, 7) is 0. The molecule has 106 valence electrons. The third-order valence-electron chi connectivity index (χ3n) is 1.92. The topological polar surface area (TPSA) is 39.2 Å². The number of carbonyl (C=O) groups is 1. The van der Waals surface area contributed by atoms with E-state index < -0.39 is 41.0 Å². The maximum atomic E-state index is 12.5.